The largest absolute Gasteiger partial charge is 0.338 e. The predicted molar refractivity (Wildman–Crippen MR) is 69.7 cm³/mol. The number of rotatable bonds is 2. The molecule has 2 unspecified atom stereocenters. The Morgan fingerprint density at radius 1 is 1.75 bits per heavy atom. The number of nitrogens with two attached hydrogens (primary N) is 1. The molecule has 0 radical (unpaired) electrons. The van der Waals surface area contributed by atoms with Crippen molar-refractivity contribution in [1.29, 1.82) is 0 Å². The summed E-state index contributed by atoms with van der Waals surface area (Å²) < 4.78 is 0.895. The summed E-state index contributed by atoms with van der Waals surface area (Å²) in [5, 5.41) is 1.93. The average molecular weight is 303 g/mol. The van der Waals surface area contributed by atoms with Gasteiger partial charge in [-0.2, -0.15) is 0 Å². The van der Waals surface area contributed by atoms with Gasteiger partial charge in [-0.25, -0.2) is 0 Å². The van der Waals surface area contributed by atoms with E-state index in [1.165, 1.54) is 11.3 Å². The molecule has 1 aromatic rings. The third kappa shape index (κ3) is 2.31. The lowest BCUT2D eigenvalue weighted by molar-refractivity contribution is 0.0790. The molecule has 2 heterocycles. The second-order valence-corrected chi connectivity index (χ2v) is 6.03. The molecule has 2 rings (SSSR count). The van der Waals surface area contributed by atoms with E-state index in [0.29, 0.717) is 5.92 Å². The fourth-order valence-electron chi connectivity index (χ4n) is 1.99. The summed E-state index contributed by atoms with van der Waals surface area (Å²) >= 11 is 4.88. The molecule has 1 fully saturated rings. The fourth-order valence-corrected chi connectivity index (χ4v) is 3.50. The van der Waals surface area contributed by atoms with Gasteiger partial charge in [0, 0.05) is 23.6 Å². The zero-order chi connectivity index (χ0) is 11.7. The molecule has 0 aliphatic carbocycles. The van der Waals surface area contributed by atoms with Crippen LogP contribution >= 0.6 is 27.3 Å². The SMILES string of the molecule is CC(N)C1CCN(C(=O)c2sccc2Br)C1. The minimum absolute atomic E-state index is 0.130. The van der Waals surface area contributed by atoms with Gasteiger partial charge in [0.25, 0.3) is 5.91 Å². The maximum atomic E-state index is 12.2. The summed E-state index contributed by atoms with van der Waals surface area (Å²) in [5.41, 5.74) is 5.86. The van der Waals surface area contributed by atoms with Crippen LogP contribution in [0.4, 0.5) is 0 Å². The Kier molecular flexibility index (Phi) is 3.66. The van der Waals surface area contributed by atoms with Crippen molar-refractivity contribution in [3.63, 3.8) is 0 Å². The standard InChI is InChI=1S/C11H15BrN2OS/c1-7(13)8-2-4-14(6-8)11(15)10-9(12)3-5-16-10/h3,5,7-8H,2,4,6,13H2,1H3. The number of hydrogen-bond donors (Lipinski definition) is 1. The van der Waals surface area contributed by atoms with Crippen molar-refractivity contribution in [2.45, 2.75) is 19.4 Å². The Balaban J connectivity index is 2.05. The molecule has 0 bridgehead atoms. The first kappa shape index (κ1) is 12.1. The van der Waals surface area contributed by atoms with Crippen LogP contribution in [0, 0.1) is 5.92 Å². The van der Waals surface area contributed by atoms with Crippen molar-refractivity contribution in [1.82, 2.24) is 4.90 Å². The minimum atomic E-state index is 0.130. The van der Waals surface area contributed by atoms with Crippen molar-refractivity contribution < 1.29 is 4.79 Å². The molecule has 2 N–H and O–H groups in total. The number of nitrogens with zero attached hydrogens (tertiary/aromatic N) is 1. The molecule has 2 atom stereocenters. The molecule has 1 saturated heterocycles. The van der Waals surface area contributed by atoms with Crippen molar-refractivity contribution in [3.05, 3.63) is 20.8 Å². The Morgan fingerprint density at radius 3 is 3.00 bits per heavy atom. The number of amides is 1. The highest BCUT2D eigenvalue weighted by molar-refractivity contribution is 9.10. The van der Waals surface area contributed by atoms with Crippen LogP contribution in [0.15, 0.2) is 15.9 Å². The second kappa shape index (κ2) is 4.85. The Bertz CT molecular complexity index is 391. The number of halogens is 1. The van der Waals surface area contributed by atoms with Gasteiger partial charge < -0.3 is 10.6 Å². The van der Waals surface area contributed by atoms with E-state index in [1.54, 1.807) is 0 Å². The van der Waals surface area contributed by atoms with E-state index >= 15 is 0 Å². The minimum Gasteiger partial charge on any atom is -0.338 e. The highest BCUT2D eigenvalue weighted by Gasteiger charge is 2.30. The Morgan fingerprint density at radius 2 is 2.50 bits per heavy atom. The normalized spacial score (nSPS) is 22.4. The summed E-state index contributed by atoms with van der Waals surface area (Å²) in [6.07, 6.45) is 1.02. The third-order valence-corrected chi connectivity index (χ3v) is 4.89. The molecule has 1 aromatic heterocycles. The van der Waals surface area contributed by atoms with E-state index in [2.05, 4.69) is 15.9 Å². The van der Waals surface area contributed by atoms with E-state index in [9.17, 15) is 4.79 Å². The van der Waals surface area contributed by atoms with Crippen molar-refractivity contribution >= 4 is 33.2 Å². The summed E-state index contributed by atoms with van der Waals surface area (Å²) in [7, 11) is 0. The zero-order valence-corrected chi connectivity index (χ0v) is 11.6. The van der Waals surface area contributed by atoms with Gasteiger partial charge in [0.05, 0.1) is 0 Å². The van der Waals surface area contributed by atoms with E-state index < -0.39 is 0 Å². The van der Waals surface area contributed by atoms with Crippen LogP contribution < -0.4 is 5.73 Å². The summed E-state index contributed by atoms with van der Waals surface area (Å²) in [6, 6.07) is 2.08. The topological polar surface area (TPSA) is 46.3 Å². The van der Waals surface area contributed by atoms with Crippen LogP contribution in [0.5, 0.6) is 0 Å². The quantitative estimate of drug-likeness (QED) is 0.911. The molecule has 1 aliphatic rings. The van der Waals surface area contributed by atoms with Crippen molar-refractivity contribution in [3.8, 4) is 0 Å². The van der Waals surface area contributed by atoms with Gasteiger partial charge in [-0.05, 0) is 46.6 Å². The summed E-state index contributed by atoms with van der Waals surface area (Å²) in [6.45, 7) is 3.63. The van der Waals surface area contributed by atoms with Gasteiger partial charge in [-0.3, -0.25) is 4.79 Å². The first-order chi connectivity index (χ1) is 7.59. The summed E-state index contributed by atoms with van der Waals surface area (Å²) in [4.78, 5) is 14.9. The number of likely N-dealkylation sites (tertiary alicyclic amines) is 1. The van der Waals surface area contributed by atoms with Gasteiger partial charge in [0.1, 0.15) is 4.88 Å². The monoisotopic (exact) mass is 302 g/mol. The molecule has 16 heavy (non-hydrogen) atoms. The molecular weight excluding hydrogens is 288 g/mol. The van der Waals surface area contributed by atoms with E-state index in [4.69, 9.17) is 5.73 Å². The number of carbonyl (C=O) groups is 1. The number of thiophene rings is 1. The lowest BCUT2D eigenvalue weighted by atomic mass is 10.0. The van der Waals surface area contributed by atoms with Crippen molar-refractivity contribution in [2.75, 3.05) is 13.1 Å². The maximum Gasteiger partial charge on any atom is 0.265 e. The van der Waals surface area contributed by atoms with E-state index in [-0.39, 0.29) is 11.9 Å². The van der Waals surface area contributed by atoms with Gasteiger partial charge in [-0.1, -0.05) is 0 Å². The van der Waals surface area contributed by atoms with Gasteiger partial charge in [-0.15, -0.1) is 11.3 Å². The molecule has 1 aliphatic heterocycles. The van der Waals surface area contributed by atoms with Gasteiger partial charge >= 0.3 is 0 Å². The number of hydrogen-bond acceptors (Lipinski definition) is 3. The van der Waals surface area contributed by atoms with Crippen LogP contribution in [0.1, 0.15) is 23.0 Å². The lowest BCUT2D eigenvalue weighted by Gasteiger charge is -2.17. The van der Waals surface area contributed by atoms with Crippen molar-refractivity contribution in [2.24, 2.45) is 11.7 Å². The third-order valence-electron chi connectivity index (χ3n) is 3.07. The van der Waals surface area contributed by atoms with Crippen LogP contribution in [-0.2, 0) is 0 Å². The highest BCUT2D eigenvalue weighted by atomic mass is 79.9. The molecule has 88 valence electrons. The van der Waals surface area contributed by atoms with Gasteiger partial charge in [0.2, 0.25) is 0 Å². The highest BCUT2D eigenvalue weighted by Crippen LogP contribution is 2.27. The predicted octanol–water partition coefficient (Wildman–Crippen LogP) is 2.32. The first-order valence-electron chi connectivity index (χ1n) is 5.37. The van der Waals surface area contributed by atoms with Crippen LogP contribution in [0.3, 0.4) is 0 Å². The first-order valence-corrected chi connectivity index (χ1v) is 7.04. The number of carbonyl (C=O) groups excluding carboxylic acids is 1. The smallest absolute Gasteiger partial charge is 0.265 e. The Hall–Kier alpha value is -0.390. The van der Waals surface area contributed by atoms with Crippen LogP contribution in [-0.4, -0.2) is 29.9 Å². The second-order valence-electron chi connectivity index (χ2n) is 4.26. The molecule has 0 saturated carbocycles. The molecule has 0 spiro atoms. The molecule has 1 amide bonds. The lowest BCUT2D eigenvalue weighted by Crippen LogP contribution is -2.32. The molecule has 3 nitrogen and oxygen atoms in total. The molecule has 5 heteroatoms. The summed E-state index contributed by atoms with van der Waals surface area (Å²) in [5.74, 6) is 0.577. The molecular formula is C11H15BrN2OS. The fraction of sp³-hybridized carbons (Fsp3) is 0.545. The van der Waals surface area contributed by atoms with E-state index in [0.717, 1.165) is 28.9 Å². The van der Waals surface area contributed by atoms with Crippen LogP contribution in [0.25, 0.3) is 0 Å². The Labute approximate surface area is 108 Å². The average Bonchev–Trinajstić information content (AvgIpc) is 2.84. The van der Waals surface area contributed by atoms with E-state index in [1.807, 2.05) is 23.3 Å². The van der Waals surface area contributed by atoms with Gasteiger partial charge in [0.15, 0.2) is 0 Å². The zero-order valence-electron chi connectivity index (χ0n) is 9.15. The van der Waals surface area contributed by atoms with Crippen LogP contribution in [0.2, 0.25) is 0 Å². The molecule has 0 aromatic carbocycles. The maximum absolute atomic E-state index is 12.2.